The number of nitrogens with one attached hydrogen (secondary N) is 5. The summed E-state index contributed by atoms with van der Waals surface area (Å²) in [7, 11) is 0. The molecule has 48 heavy (non-hydrogen) atoms. The van der Waals surface area contributed by atoms with Gasteiger partial charge in [0.1, 0.15) is 30.2 Å². The lowest BCUT2D eigenvalue weighted by atomic mass is 10.0. The fraction of sp³-hybridized carbons (Fsp3) is 0.806. The van der Waals surface area contributed by atoms with Crippen LogP contribution < -0.4 is 55.3 Å². The fourth-order valence-electron chi connectivity index (χ4n) is 4.68. The Bertz CT molecular complexity index is 991. The van der Waals surface area contributed by atoms with Crippen LogP contribution in [-0.2, 0) is 28.8 Å². The zero-order valence-electron chi connectivity index (χ0n) is 28.8. The Kier molecular flexibility index (Phi) is 25.2. The van der Waals surface area contributed by atoms with Gasteiger partial charge in [-0.1, -0.05) is 6.92 Å². The minimum absolute atomic E-state index is 0.215. The highest BCUT2D eigenvalue weighted by Crippen LogP contribution is 2.09. The number of carbonyl (C=O) groups excluding carboxylic acids is 6. The van der Waals surface area contributed by atoms with Crippen LogP contribution in [-0.4, -0.2) is 97.6 Å². The molecule has 0 aliphatic heterocycles. The highest BCUT2D eigenvalue weighted by Gasteiger charge is 2.31. The molecule has 0 aliphatic rings. The maximum atomic E-state index is 13.7. The van der Waals surface area contributed by atoms with Crippen LogP contribution in [0.3, 0.4) is 0 Å². The van der Waals surface area contributed by atoms with Crippen LogP contribution in [0.25, 0.3) is 0 Å². The van der Waals surface area contributed by atoms with Gasteiger partial charge < -0.3 is 55.3 Å². The van der Waals surface area contributed by atoms with Crippen LogP contribution >= 0.6 is 12.6 Å². The first kappa shape index (κ1) is 45.0. The van der Waals surface area contributed by atoms with E-state index in [0.717, 1.165) is 0 Å². The number of primary amides is 1. The second kappa shape index (κ2) is 26.9. The maximum absolute atomic E-state index is 13.7. The molecule has 6 amide bonds. The largest absolute Gasteiger partial charge is 0.368 e. The van der Waals surface area contributed by atoms with Gasteiger partial charge in [0.15, 0.2) is 0 Å². The van der Waals surface area contributed by atoms with Crippen molar-refractivity contribution in [2.45, 2.75) is 121 Å². The first-order chi connectivity index (χ1) is 22.9. The summed E-state index contributed by atoms with van der Waals surface area (Å²) in [4.78, 5) is 77.9. The smallest absolute Gasteiger partial charge is 0.243 e. The molecule has 0 fully saturated rings. The molecule has 0 saturated carbocycles. The average Bonchev–Trinajstić information content (AvgIpc) is 3.05. The number of hydrogen-bond acceptors (Lipinski definition) is 11. The van der Waals surface area contributed by atoms with E-state index in [-0.39, 0.29) is 25.2 Å². The molecule has 0 aromatic carbocycles. The molecule has 0 bridgehead atoms. The fourth-order valence-corrected chi connectivity index (χ4v) is 4.85. The van der Waals surface area contributed by atoms with Crippen molar-refractivity contribution in [3.05, 3.63) is 0 Å². The zero-order valence-corrected chi connectivity index (χ0v) is 29.7. The Hall–Kier alpha value is -2.99. The molecular formula is C31H62N10O6S. The summed E-state index contributed by atoms with van der Waals surface area (Å²) in [5.74, 6) is -3.54. The minimum atomic E-state index is -1.06. The molecule has 0 rings (SSSR count). The lowest BCUT2D eigenvalue weighted by Gasteiger charge is -2.27. The summed E-state index contributed by atoms with van der Waals surface area (Å²) in [6.45, 7) is 4.76. The monoisotopic (exact) mass is 702 g/mol. The van der Waals surface area contributed by atoms with Gasteiger partial charge in [-0.3, -0.25) is 28.8 Å². The predicted molar refractivity (Wildman–Crippen MR) is 189 cm³/mol. The van der Waals surface area contributed by atoms with Crippen molar-refractivity contribution in [2.75, 3.05) is 31.9 Å². The van der Waals surface area contributed by atoms with Crippen LogP contribution in [0.4, 0.5) is 0 Å². The molecule has 0 radical (unpaired) electrons. The van der Waals surface area contributed by atoms with Gasteiger partial charge >= 0.3 is 0 Å². The van der Waals surface area contributed by atoms with Crippen molar-refractivity contribution < 1.29 is 28.8 Å². The van der Waals surface area contributed by atoms with E-state index < -0.39 is 65.7 Å². The Morgan fingerprint density at radius 2 is 0.792 bits per heavy atom. The summed E-state index contributed by atoms with van der Waals surface area (Å²) in [6, 6.07) is -4.99. The SMILES string of the molecule is C[C@H](NC(=O)[C@@H](C)CS)C(=O)N[C@@H](CCCCN)C(=O)N[C@@H](CCCCN)C(=O)N[C@@H](CCCCN)C(=O)N[C@@H](CCCCN)C(N)=O. The van der Waals surface area contributed by atoms with Gasteiger partial charge in [0.25, 0.3) is 0 Å². The minimum Gasteiger partial charge on any atom is -0.368 e. The molecule has 278 valence electrons. The van der Waals surface area contributed by atoms with E-state index in [9.17, 15) is 28.8 Å². The summed E-state index contributed by atoms with van der Waals surface area (Å²) in [5, 5.41) is 13.4. The number of nitrogens with two attached hydrogens (primary N) is 5. The van der Waals surface area contributed by atoms with Crippen LogP contribution in [0, 0.1) is 5.92 Å². The number of hydrogen-bond donors (Lipinski definition) is 11. The van der Waals surface area contributed by atoms with Gasteiger partial charge in [0.05, 0.1) is 0 Å². The predicted octanol–water partition coefficient (Wildman–Crippen LogP) is -2.00. The van der Waals surface area contributed by atoms with E-state index in [1.165, 1.54) is 6.92 Å². The van der Waals surface area contributed by atoms with Crippen molar-refractivity contribution in [3.8, 4) is 0 Å². The molecule has 16 nitrogen and oxygen atoms in total. The third-order valence-electron chi connectivity index (χ3n) is 7.82. The van der Waals surface area contributed by atoms with Gasteiger partial charge in [0, 0.05) is 11.7 Å². The van der Waals surface area contributed by atoms with E-state index >= 15 is 0 Å². The molecule has 0 aromatic rings. The molecule has 6 atom stereocenters. The lowest BCUT2D eigenvalue weighted by Crippen LogP contribution is -2.59. The molecular weight excluding hydrogens is 640 g/mol. The highest BCUT2D eigenvalue weighted by molar-refractivity contribution is 7.80. The van der Waals surface area contributed by atoms with E-state index in [1.807, 2.05) is 0 Å². The standard InChI is InChI=1S/C31H62N10O6S/c1-20(19-48)27(43)37-21(2)28(44)39-23(12-4-8-16-33)30(46)41-25(14-6-10-18-35)31(47)40-24(13-5-9-17-34)29(45)38-22(26(36)42)11-3-7-15-32/h20-25,48H,3-19,32-35H2,1-2H3,(H2,36,42)(H,37,43)(H,38,45)(H,39,44)(H,40,47)(H,41,46)/t20-,21-,22-,23-,24-,25-/m0/s1. The van der Waals surface area contributed by atoms with Crippen molar-refractivity contribution in [3.63, 3.8) is 0 Å². The summed E-state index contributed by atoms with van der Waals surface area (Å²) >= 11 is 4.11. The molecule has 0 aromatic heterocycles. The van der Waals surface area contributed by atoms with Crippen LogP contribution in [0.5, 0.6) is 0 Å². The third kappa shape index (κ3) is 19.1. The summed E-state index contributed by atoms with van der Waals surface area (Å²) in [5.41, 5.74) is 28.0. The van der Waals surface area contributed by atoms with E-state index in [4.69, 9.17) is 28.7 Å². The van der Waals surface area contributed by atoms with Crippen molar-refractivity contribution >= 4 is 48.1 Å². The lowest BCUT2D eigenvalue weighted by molar-refractivity contribution is -0.135. The maximum Gasteiger partial charge on any atom is 0.243 e. The van der Waals surface area contributed by atoms with Crippen molar-refractivity contribution in [1.82, 2.24) is 26.6 Å². The molecule has 0 unspecified atom stereocenters. The topological polar surface area (TPSA) is 293 Å². The molecule has 17 heteroatoms. The normalized spacial score (nSPS) is 14.8. The number of unbranched alkanes of at least 4 members (excludes halogenated alkanes) is 4. The number of amides is 6. The first-order valence-corrected chi connectivity index (χ1v) is 17.7. The Balaban J connectivity index is 5.97. The van der Waals surface area contributed by atoms with Crippen LogP contribution in [0.2, 0.25) is 0 Å². The summed E-state index contributed by atoms with van der Waals surface area (Å²) in [6.07, 6.45) is 5.54. The molecule has 0 heterocycles. The molecule has 0 aliphatic carbocycles. The van der Waals surface area contributed by atoms with Gasteiger partial charge in [-0.2, -0.15) is 12.6 Å². The molecule has 15 N–H and O–H groups in total. The molecule has 0 saturated heterocycles. The summed E-state index contributed by atoms with van der Waals surface area (Å²) < 4.78 is 0. The van der Waals surface area contributed by atoms with Crippen LogP contribution in [0.1, 0.15) is 90.9 Å². The highest BCUT2D eigenvalue weighted by atomic mass is 32.1. The van der Waals surface area contributed by atoms with Gasteiger partial charge in [-0.05, 0) is 110 Å². The van der Waals surface area contributed by atoms with E-state index in [2.05, 4.69) is 39.2 Å². The Morgan fingerprint density at radius 3 is 1.10 bits per heavy atom. The third-order valence-corrected chi connectivity index (χ3v) is 8.37. The quantitative estimate of drug-likeness (QED) is 0.0315. The van der Waals surface area contributed by atoms with Gasteiger partial charge in [-0.15, -0.1) is 0 Å². The van der Waals surface area contributed by atoms with Crippen molar-refractivity contribution in [2.24, 2.45) is 34.6 Å². The average molecular weight is 703 g/mol. The number of thiol groups is 1. The number of rotatable bonds is 28. The second-order valence-corrected chi connectivity index (χ2v) is 12.5. The zero-order chi connectivity index (χ0) is 36.5. The van der Waals surface area contributed by atoms with Crippen molar-refractivity contribution in [1.29, 1.82) is 0 Å². The molecule has 0 spiro atoms. The first-order valence-electron chi connectivity index (χ1n) is 17.1. The Morgan fingerprint density at radius 1 is 0.479 bits per heavy atom. The van der Waals surface area contributed by atoms with Crippen LogP contribution in [0.15, 0.2) is 0 Å². The van der Waals surface area contributed by atoms with Gasteiger partial charge in [0.2, 0.25) is 35.4 Å². The Labute approximate surface area is 290 Å². The number of carbonyl (C=O) groups is 6. The van der Waals surface area contributed by atoms with E-state index in [0.29, 0.717) is 89.7 Å². The van der Waals surface area contributed by atoms with E-state index in [1.54, 1.807) is 6.92 Å². The second-order valence-electron chi connectivity index (χ2n) is 12.1. The van der Waals surface area contributed by atoms with Gasteiger partial charge in [-0.25, -0.2) is 0 Å².